The molecule has 1 aliphatic rings. The van der Waals surface area contributed by atoms with Gasteiger partial charge in [-0.05, 0) is 36.0 Å². The third-order valence-electron chi connectivity index (χ3n) is 3.00. The number of aryl methyl sites for hydroxylation is 2. The Morgan fingerprint density at radius 2 is 2.12 bits per heavy atom. The zero-order chi connectivity index (χ0) is 12.3. The first-order valence-electron chi connectivity index (χ1n) is 5.86. The molecule has 0 aromatic heterocycles. The van der Waals surface area contributed by atoms with E-state index < -0.39 is 0 Å². The number of nitrogens with one attached hydrogen (secondary N) is 1. The van der Waals surface area contributed by atoms with Crippen LogP contribution in [0.5, 0.6) is 0 Å². The van der Waals surface area contributed by atoms with Crippen molar-refractivity contribution >= 4 is 21.8 Å². The Kier molecular flexibility index (Phi) is 4.00. The molecule has 3 heteroatoms. The number of benzene rings is 1. The summed E-state index contributed by atoms with van der Waals surface area (Å²) < 4.78 is 0.791. The largest absolute Gasteiger partial charge is 0.351 e. The number of amides is 1. The average molecular weight is 294 g/mol. The Morgan fingerprint density at radius 1 is 1.35 bits per heavy atom. The van der Waals surface area contributed by atoms with Crippen molar-refractivity contribution in [1.29, 1.82) is 0 Å². The average Bonchev–Trinajstić information content (AvgIpc) is 2.73. The molecule has 2 nitrogen and oxygen atoms in total. The number of carbonyl (C=O) groups is 1. The highest BCUT2D eigenvalue weighted by Gasteiger charge is 2.11. The van der Waals surface area contributed by atoms with Crippen LogP contribution < -0.4 is 5.32 Å². The first-order chi connectivity index (χ1) is 8.15. The number of hydrogen-bond acceptors (Lipinski definition) is 1. The fourth-order valence-electron chi connectivity index (χ4n) is 2.18. The van der Waals surface area contributed by atoms with Gasteiger partial charge < -0.3 is 5.32 Å². The third-order valence-corrected chi connectivity index (χ3v) is 3.29. The molecule has 1 N–H and O–H groups in total. The predicted octanol–water partition coefficient (Wildman–Crippen LogP) is 2.74. The van der Waals surface area contributed by atoms with Gasteiger partial charge in [-0.15, -0.1) is 0 Å². The first kappa shape index (κ1) is 12.4. The summed E-state index contributed by atoms with van der Waals surface area (Å²) in [7, 11) is 0. The van der Waals surface area contributed by atoms with Crippen molar-refractivity contribution < 1.29 is 4.79 Å². The van der Waals surface area contributed by atoms with Gasteiger partial charge >= 0.3 is 0 Å². The maximum atomic E-state index is 11.6. The normalized spacial score (nSPS) is 13.2. The molecule has 0 fully saturated rings. The Labute approximate surface area is 110 Å². The topological polar surface area (TPSA) is 29.1 Å². The van der Waals surface area contributed by atoms with Gasteiger partial charge in [-0.1, -0.05) is 40.7 Å². The minimum absolute atomic E-state index is 0.0450. The summed E-state index contributed by atoms with van der Waals surface area (Å²) in [4.78, 5) is 11.6. The lowest BCUT2D eigenvalue weighted by Crippen LogP contribution is -2.26. The highest BCUT2D eigenvalue weighted by molar-refractivity contribution is 9.11. The minimum Gasteiger partial charge on any atom is -0.351 e. The lowest BCUT2D eigenvalue weighted by atomic mass is 10.0. The lowest BCUT2D eigenvalue weighted by molar-refractivity contribution is -0.120. The number of hydrogen-bond donors (Lipinski definition) is 1. The van der Waals surface area contributed by atoms with E-state index in [2.05, 4.69) is 46.0 Å². The Bertz CT molecular complexity index is 454. The lowest BCUT2D eigenvalue weighted by Gasteiger charge is -2.06. The summed E-state index contributed by atoms with van der Waals surface area (Å²) in [5.74, 6) is 0.0450. The zero-order valence-corrected chi connectivity index (χ0v) is 11.3. The van der Waals surface area contributed by atoms with E-state index in [1.807, 2.05) is 0 Å². The summed E-state index contributed by atoms with van der Waals surface area (Å²) >= 11 is 3.22. The van der Waals surface area contributed by atoms with Gasteiger partial charge in [0, 0.05) is 11.0 Å². The van der Waals surface area contributed by atoms with Crippen molar-refractivity contribution in [3.8, 4) is 0 Å². The number of carbonyl (C=O) groups excluding carboxylic acids is 1. The van der Waals surface area contributed by atoms with E-state index in [4.69, 9.17) is 0 Å². The summed E-state index contributed by atoms with van der Waals surface area (Å²) in [6, 6.07) is 6.39. The molecule has 1 aromatic rings. The smallest absolute Gasteiger partial charge is 0.224 e. The van der Waals surface area contributed by atoms with E-state index in [0.29, 0.717) is 13.0 Å². The molecule has 0 spiro atoms. The van der Waals surface area contributed by atoms with Crippen LogP contribution in [-0.2, 0) is 24.1 Å². The number of rotatable bonds is 4. The van der Waals surface area contributed by atoms with Crippen molar-refractivity contribution in [3.63, 3.8) is 0 Å². The highest BCUT2D eigenvalue weighted by Crippen LogP contribution is 2.22. The second kappa shape index (κ2) is 5.50. The first-order valence-corrected chi connectivity index (χ1v) is 6.65. The van der Waals surface area contributed by atoms with Crippen LogP contribution in [0.15, 0.2) is 29.3 Å². The van der Waals surface area contributed by atoms with Gasteiger partial charge in [0.1, 0.15) is 0 Å². The number of halogens is 1. The van der Waals surface area contributed by atoms with Crippen molar-refractivity contribution in [2.75, 3.05) is 6.54 Å². The fraction of sp³-hybridized carbons (Fsp3) is 0.357. The van der Waals surface area contributed by atoms with E-state index in [1.165, 1.54) is 24.0 Å². The van der Waals surface area contributed by atoms with E-state index in [0.717, 1.165) is 16.5 Å². The van der Waals surface area contributed by atoms with E-state index >= 15 is 0 Å². The van der Waals surface area contributed by atoms with Crippen LogP contribution in [0.2, 0.25) is 0 Å². The fourth-order valence-corrected chi connectivity index (χ4v) is 2.32. The second-order valence-electron chi connectivity index (χ2n) is 4.43. The summed E-state index contributed by atoms with van der Waals surface area (Å²) in [5.41, 5.74) is 3.96. The van der Waals surface area contributed by atoms with E-state index in [-0.39, 0.29) is 5.91 Å². The van der Waals surface area contributed by atoms with Gasteiger partial charge in [-0.2, -0.15) is 0 Å². The monoisotopic (exact) mass is 293 g/mol. The quantitative estimate of drug-likeness (QED) is 0.909. The molecule has 90 valence electrons. The molecule has 0 saturated heterocycles. The molecule has 0 unspecified atom stereocenters. The summed E-state index contributed by atoms with van der Waals surface area (Å²) in [6.07, 6.45) is 4.04. The second-order valence-corrected chi connectivity index (χ2v) is 5.55. The van der Waals surface area contributed by atoms with Gasteiger partial charge in [0.15, 0.2) is 0 Å². The SMILES string of the molecule is C=C(Br)CNC(=O)Cc1ccc2c(c1)CCC2. The molecule has 1 aromatic carbocycles. The third kappa shape index (κ3) is 3.43. The van der Waals surface area contributed by atoms with Crippen LogP contribution in [0.3, 0.4) is 0 Å². The molecular formula is C14H16BrNO. The van der Waals surface area contributed by atoms with E-state index in [9.17, 15) is 4.79 Å². The van der Waals surface area contributed by atoms with Gasteiger partial charge in [0.05, 0.1) is 6.42 Å². The Hall–Kier alpha value is -1.09. The van der Waals surface area contributed by atoms with Gasteiger partial charge in [-0.3, -0.25) is 4.79 Å². The molecule has 0 heterocycles. The molecule has 0 radical (unpaired) electrons. The van der Waals surface area contributed by atoms with Gasteiger partial charge in [-0.25, -0.2) is 0 Å². The minimum atomic E-state index is 0.0450. The molecule has 1 amide bonds. The Morgan fingerprint density at radius 3 is 2.88 bits per heavy atom. The maximum Gasteiger partial charge on any atom is 0.224 e. The molecule has 17 heavy (non-hydrogen) atoms. The van der Waals surface area contributed by atoms with Crippen LogP contribution in [-0.4, -0.2) is 12.5 Å². The summed E-state index contributed by atoms with van der Waals surface area (Å²) in [5, 5.41) is 2.81. The standard InChI is InChI=1S/C14H16BrNO/c1-10(15)9-16-14(17)8-11-5-6-12-3-2-4-13(12)7-11/h5-7H,1-4,8-9H2,(H,16,17). The maximum absolute atomic E-state index is 11.6. The van der Waals surface area contributed by atoms with Gasteiger partial charge in [0.25, 0.3) is 0 Å². The molecule has 0 atom stereocenters. The van der Waals surface area contributed by atoms with Crippen LogP contribution in [0.1, 0.15) is 23.1 Å². The van der Waals surface area contributed by atoms with Crippen LogP contribution in [0.25, 0.3) is 0 Å². The molecule has 0 saturated carbocycles. The molecule has 0 aliphatic heterocycles. The van der Waals surface area contributed by atoms with Crippen molar-refractivity contribution in [3.05, 3.63) is 46.0 Å². The number of fused-ring (bicyclic) bond motifs is 1. The van der Waals surface area contributed by atoms with Gasteiger partial charge in [0.2, 0.25) is 5.91 Å². The highest BCUT2D eigenvalue weighted by atomic mass is 79.9. The van der Waals surface area contributed by atoms with E-state index in [1.54, 1.807) is 0 Å². The zero-order valence-electron chi connectivity index (χ0n) is 9.76. The molecule has 1 aliphatic carbocycles. The summed E-state index contributed by atoms with van der Waals surface area (Å²) in [6.45, 7) is 4.17. The van der Waals surface area contributed by atoms with Crippen molar-refractivity contribution in [2.24, 2.45) is 0 Å². The van der Waals surface area contributed by atoms with Crippen LogP contribution in [0, 0.1) is 0 Å². The molecular weight excluding hydrogens is 278 g/mol. The van der Waals surface area contributed by atoms with Crippen molar-refractivity contribution in [2.45, 2.75) is 25.7 Å². The molecule has 2 rings (SSSR count). The predicted molar refractivity (Wildman–Crippen MR) is 73.2 cm³/mol. The van der Waals surface area contributed by atoms with Crippen LogP contribution >= 0.6 is 15.9 Å². The molecule has 0 bridgehead atoms. The van der Waals surface area contributed by atoms with Crippen molar-refractivity contribution in [1.82, 2.24) is 5.32 Å². The Balaban J connectivity index is 1.95. The van der Waals surface area contributed by atoms with Crippen LogP contribution in [0.4, 0.5) is 0 Å².